The topological polar surface area (TPSA) is 36.4 Å². The molecular formula is C12H14N2OS. The molecule has 1 aromatic carbocycles. The van der Waals surface area contributed by atoms with Gasteiger partial charge in [-0.25, -0.2) is 4.98 Å². The first-order chi connectivity index (χ1) is 7.81. The molecule has 0 unspecified atom stereocenters. The summed E-state index contributed by atoms with van der Waals surface area (Å²) in [6.07, 6.45) is 0. The van der Waals surface area contributed by atoms with Gasteiger partial charge in [0.15, 0.2) is 0 Å². The number of para-hydroxylation sites is 1. The van der Waals surface area contributed by atoms with E-state index in [1.807, 2.05) is 42.2 Å². The summed E-state index contributed by atoms with van der Waals surface area (Å²) in [5.74, 6) is 0. The van der Waals surface area contributed by atoms with Crippen molar-refractivity contribution in [2.24, 2.45) is 0 Å². The molecule has 0 aliphatic heterocycles. The average molecular weight is 234 g/mol. The molecule has 0 saturated carbocycles. The molecule has 2 aromatic rings. The van der Waals surface area contributed by atoms with Crippen molar-refractivity contribution in [3.05, 3.63) is 46.4 Å². The number of nitrogens with zero attached hydrogens (tertiary/aromatic N) is 2. The van der Waals surface area contributed by atoms with Crippen molar-refractivity contribution in [3.8, 4) is 0 Å². The summed E-state index contributed by atoms with van der Waals surface area (Å²) < 4.78 is 0. The summed E-state index contributed by atoms with van der Waals surface area (Å²) in [6, 6.07) is 7.86. The molecule has 0 saturated heterocycles. The normalized spacial score (nSPS) is 10.4. The average Bonchev–Trinajstić information content (AvgIpc) is 2.81. The lowest BCUT2D eigenvalue weighted by Gasteiger charge is -2.20. The summed E-state index contributed by atoms with van der Waals surface area (Å²) in [5, 5.41) is 11.3. The summed E-state index contributed by atoms with van der Waals surface area (Å²) in [7, 11) is 2.01. The molecule has 1 aromatic heterocycles. The van der Waals surface area contributed by atoms with E-state index in [0.717, 1.165) is 23.5 Å². The minimum absolute atomic E-state index is 0.0670. The van der Waals surface area contributed by atoms with Crippen molar-refractivity contribution < 1.29 is 5.11 Å². The zero-order chi connectivity index (χ0) is 11.4. The van der Waals surface area contributed by atoms with Crippen LogP contribution in [-0.2, 0) is 13.2 Å². The molecular weight excluding hydrogens is 220 g/mol. The van der Waals surface area contributed by atoms with Crippen molar-refractivity contribution in [3.63, 3.8) is 0 Å². The minimum atomic E-state index is 0.0670. The Bertz CT molecular complexity index is 442. The van der Waals surface area contributed by atoms with E-state index in [-0.39, 0.29) is 6.61 Å². The van der Waals surface area contributed by atoms with Crippen LogP contribution in [0.5, 0.6) is 0 Å². The van der Waals surface area contributed by atoms with Gasteiger partial charge in [-0.2, -0.15) is 0 Å². The second kappa shape index (κ2) is 5.09. The molecule has 0 fully saturated rings. The minimum Gasteiger partial charge on any atom is -0.392 e. The van der Waals surface area contributed by atoms with Gasteiger partial charge in [-0.15, -0.1) is 11.3 Å². The predicted molar refractivity (Wildman–Crippen MR) is 66.6 cm³/mol. The second-order valence-electron chi connectivity index (χ2n) is 3.62. The van der Waals surface area contributed by atoms with Gasteiger partial charge >= 0.3 is 0 Å². The van der Waals surface area contributed by atoms with E-state index in [1.54, 1.807) is 11.3 Å². The Morgan fingerprint density at radius 1 is 1.38 bits per heavy atom. The molecule has 0 amide bonds. The third kappa shape index (κ3) is 2.40. The number of anilines is 1. The third-order valence-electron chi connectivity index (χ3n) is 2.46. The highest BCUT2D eigenvalue weighted by Crippen LogP contribution is 2.20. The van der Waals surface area contributed by atoms with Gasteiger partial charge in [0.25, 0.3) is 0 Å². The molecule has 0 radical (unpaired) electrons. The summed E-state index contributed by atoms with van der Waals surface area (Å²) in [6.45, 7) is 0.831. The quantitative estimate of drug-likeness (QED) is 0.881. The Morgan fingerprint density at radius 2 is 2.19 bits per heavy atom. The lowest BCUT2D eigenvalue weighted by Crippen LogP contribution is -2.18. The predicted octanol–water partition coefficient (Wildman–Crippen LogP) is 2.27. The molecule has 1 heterocycles. The molecule has 0 bridgehead atoms. The van der Waals surface area contributed by atoms with E-state index in [9.17, 15) is 5.11 Å². The number of hydrogen-bond acceptors (Lipinski definition) is 4. The van der Waals surface area contributed by atoms with Crippen LogP contribution in [0, 0.1) is 0 Å². The van der Waals surface area contributed by atoms with Crippen molar-refractivity contribution >= 4 is 17.0 Å². The molecule has 0 atom stereocenters. The molecule has 2 rings (SSSR count). The molecule has 0 aliphatic carbocycles. The van der Waals surface area contributed by atoms with Gasteiger partial charge in [-0.05, 0) is 6.07 Å². The smallest absolute Gasteiger partial charge is 0.0795 e. The maximum Gasteiger partial charge on any atom is 0.0795 e. The summed E-state index contributed by atoms with van der Waals surface area (Å²) in [5.41, 5.74) is 4.89. The van der Waals surface area contributed by atoms with Gasteiger partial charge in [0.1, 0.15) is 0 Å². The Hall–Kier alpha value is -1.39. The third-order valence-corrected chi connectivity index (χ3v) is 3.09. The Morgan fingerprint density at radius 3 is 2.88 bits per heavy atom. The van der Waals surface area contributed by atoms with Crippen molar-refractivity contribution in [2.45, 2.75) is 13.2 Å². The largest absolute Gasteiger partial charge is 0.392 e. The maximum absolute atomic E-state index is 9.25. The van der Waals surface area contributed by atoms with Crippen molar-refractivity contribution in [2.75, 3.05) is 11.9 Å². The lowest BCUT2D eigenvalue weighted by molar-refractivity contribution is 0.282. The van der Waals surface area contributed by atoms with Crippen LogP contribution in [0.25, 0.3) is 0 Å². The Kier molecular flexibility index (Phi) is 3.54. The van der Waals surface area contributed by atoms with Gasteiger partial charge < -0.3 is 10.0 Å². The van der Waals surface area contributed by atoms with Crippen LogP contribution in [0.1, 0.15) is 11.3 Å². The van der Waals surface area contributed by atoms with E-state index in [0.29, 0.717) is 0 Å². The van der Waals surface area contributed by atoms with Crippen LogP contribution in [0.3, 0.4) is 0 Å². The van der Waals surface area contributed by atoms with E-state index in [4.69, 9.17) is 0 Å². The standard InChI is InChI=1S/C12H14N2OS/c1-14(6-11-8-16-9-13-11)12-5-3-2-4-10(12)7-15/h2-5,8-9,15H,6-7H2,1H3. The fraction of sp³-hybridized carbons (Fsp3) is 0.250. The van der Waals surface area contributed by atoms with Gasteiger partial charge in [0, 0.05) is 23.7 Å². The first-order valence-electron chi connectivity index (χ1n) is 5.08. The van der Waals surface area contributed by atoms with Gasteiger partial charge in [-0.3, -0.25) is 0 Å². The molecule has 16 heavy (non-hydrogen) atoms. The van der Waals surface area contributed by atoms with Crippen LogP contribution >= 0.6 is 11.3 Å². The number of benzene rings is 1. The number of aliphatic hydroxyl groups is 1. The molecule has 3 nitrogen and oxygen atoms in total. The molecule has 0 aliphatic rings. The molecule has 0 spiro atoms. The van der Waals surface area contributed by atoms with E-state index < -0.39 is 0 Å². The molecule has 4 heteroatoms. The zero-order valence-corrected chi connectivity index (χ0v) is 9.94. The highest BCUT2D eigenvalue weighted by atomic mass is 32.1. The number of rotatable bonds is 4. The van der Waals surface area contributed by atoms with Crippen LogP contribution in [0.2, 0.25) is 0 Å². The van der Waals surface area contributed by atoms with E-state index in [2.05, 4.69) is 9.88 Å². The fourth-order valence-electron chi connectivity index (χ4n) is 1.66. The van der Waals surface area contributed by atoms with Crippen LogP contribution in [-0.4, -0.2) is 17.1 Å². The first kappa shape index (κ1) is 11.1. The fourth-order valence-corrected chi connectivity index (χ4v) is 2.21. The number of aromatic nitrogens is 1. The van der Waals surface area contributed by atoms with Crippen LogP contribution < -0.4 is 4.90 Å². The lowest BCUT2D eigenvalue weighted by atomic mass is 10.1. The zero-order valence-electron chi connectivity index (χ0n) is 9.13. The second-order valence-corrected chi connectivity index (χ2v) is 4.34. The van der Waals surface area contributed by atoms with Crippen LogP contribution in [0.4, 0.5) is 5.69 Å². The van der Waals surface area contributed by atoms with E-state index in [1.165, 1.54) is 0 Å². The number of thiazole rings is 1. The van der Waals surface area contributed by atoms with Crippen molar-refractivity contribution in [1.29, 1.82) is 0 Å². The highest BCUT2D eigenvalue weighted by Gasteiger charge is 2.07. The van der Waals surface area contributed by atoms with Crippen LogP contribution in [0.15, 0.2) is 35.2 Å². The summed E-state index contributed by atoms with van der Waals surface area (Å²) in [4.78, 5) is 6.35. The number of hydrogen-bond donors (Lipinski definition) is 1. The maximum atomic E-state index is 9.25. The van der Waals surface area contributed by atoms with Gasteiger partial charge in [-0.1, -0.05) is 18.2 Å². The highest BCUT2D eigenvalue weighted by molar-refractivity contribution is 7.07. The summed E-state index contributed by atoms with van der Waals surface area (Å²) >= 11 is 1.60. The van der Waals surface area contributed by atoms with E-state index >= 15 is 0 Å². The Labute approximate surface area is 99.0 Å². The first-order valence-corrected chi connectivity index (χ1v) is 6.02. The van der Waals surface area contributed by atoms with Gasteiger partial charge in [0.2, 0.25) is 0 Å². The Balaban J connectivity index is 2.17. The van der Waals surface area contributed by atoms with Crippen molar-refractivity contribution in [1.82, 2.24) is 4.98 Å². The monoisotopic (exact) mass is 234 g/mol. The SMILES string of the molecule is CN(Cc1cscn1)c1ccccc1CO. The number of aliphatic hydroxyl groups excluding tert-OH is 1. The molecule has 1 N–H and O–H groups in total. The molecule has 84 valence electrons. The van der Waals surface area contributed by atoms with Gasteiger partial charge in [0.05, 0.1) is 24.4 Å².